The monoisotopic (exact) mass is 270 g/mol. The molecule has 1 amide bonds. The Labute approximate surface area is 115 Å². The lowest BCUT2D eigenvalue weighted by Crippen LogP contribution is -2.14. The van der Waals surface area contributed by atoms with Crippen LogP contribution in [-0.4, -0.2) is 11.6 Å². The molecule has 19 heavy (non-hydrogen) atoms. The summed E-state index contributed by atoms with van der Waals surface area (Å²) in [6.45, 7) is 0.482. The summed E-state index contributed by atoms with van der Waals surface area (Å²) in [6, 6.07) is 15.1. The molecule has 0 radical (unpaired) electrons. The number of nitrogens with zero attached hydrogens (tertiary/aromatic N) is 1. The summed E-state index contributed by atoms with van der Waals surface area (Å²) in [4.78, 5) is 16.3. The molecule has 4 heteroatoms. The summed E-state index contributed by atoms with van der Waals surface area (Å²) >= 11 is 5.96. The molecule has 0 saturated carbocycles. The van der Waals surface area contributed by atoms with Crippen LogP contribution in [0, 0.1) is 0 Å². The normalized spacial score (nSPS) is 15.4. The van der Waals surface area contributed by atoms with Crippen molar-refractivity contribution in [3.8, 4) is 0 Å². The number of hydrogen-bond donors (Lipinski definition) is 1. The standard InChI is InChI=1S/C15H11ClN2O/c16-11-6-7-13-12(8-11)14(15(19)18-13)17-9-10-4-2-1-3-5-10/h1-8H,9H2,(H,17,18,19). The first-order chi connectivity index (χ1) is 9.24. The van der Waals surface area contributed by atoms with E-state index in [-0.39, 0.29) is 5.91 Å². The fraction of sp³-hybridized carbons (Fsp3) is 0.0667. The molecule has 94 valence electrons. The van der Waals surface area contributed by atoms with Crippen molar-refractivity contribution in [2.75, 3.05) is 5.32 Å². The largest absolute Gasteiger partial charge is 0.320 e. The van der Waals surface area contributed by atoms with Crippen LogP contribution in [0.5, 0.6) is 0 Å². The summed E-state index contributed by atoms with van der Waals surface area (Å²) in [5.41, 5.74) is 3.05. The molecule has 1 N–H and O–H groups in total. The molecule has 0 fully saturated rings. The first-order valence-electron chi connectivity index (χ1n) is 5.94. The van der Waals surface area contributed by atoms with Gasteiger partial charge in [0, 0.05) is 10.6 Å². The van der Waals surface area contributed by atoms with Gasteiger partial charge in [-0.25, -0.2) is 0 Å². The second kappa shape index (κ2) is 4.86. The number of aliphatic imine (C=N–C) groups is 1. The Morgan fingerprint density at radius 1 is 1.11 bits per heavy atom. The maximum absolute atomic E-state index is 11.9. The first-order valence-corrected chi connectivity index (χ1v) is 6.31. The lowest BCUT2D eigenvalue weighted by Gasteiger charge is -1.99. The van der Waals surface area contributed by atoms with Crippen molar-refractivity contribution in [2.24, 2.45) is 4.99 Å². The molecule has 0 unspecified atom stereocenters. The Morgan fingerprint density at radius 3 is 2.68 bits per heavy atom. The number of rotatable bonds is 2. The number of nitrogens with one attached hydrogen (secondary N) is 1. The van der Waals surface area contributed by atoms with Crippen molar-refractivity contribution in [1.82, 2.24) is 0 Å². The Bertz CT molecular complexity index is 665. The fourth-order valence-corrected chi connectivity index (χ4v) is 2.21. The molecule has 0 saturated heterocycles. The van der Waals surface area contributed by atoms with Crippen LogP contribution in [0.25, 0.3) is 0 Å². The predicted octanol–water partition coefficient (Wildman–Crippen LogP) is 3.28. The third-order valence-corrected chi connectivity index (χ3v) is 3.20. The van der Waals surface area contributed by atoms with E-state index in [1.165, 1.54) is 0 Å². The number of halogens is 1. The fourth-order valence-electron chi connectivity index (χ4n) is 2.04. The predicted molar refractivity (Wildman–Crippen MR) is 76.8 cm³/mol. The zero-order valence-corrected chi connectivity index (χ0v) is 10.8. The van der Waals surface area contributed by atoms with Crippen molar-refractivity contribution in [1.29, 1.82) is 0 Å². The summed E-state index contributed by atoms with van der Waals surface area (Å²) in [6.07, 6.45) is 0. The number of carbonyl (C=O) groups excluding carboxylic acids is 1. The average molecular weight is 271 g/mol. The molecule has 0 bridgehead atoms. The molecule has 0 spiro atoms. The second-order valence-electron chi connectivity index (χ2n) is 4.29. The van der Waals surface area contributed by atoms with Crippen LogP contribution in [0.3, 0.4) is 0 Å². The number of carbonyl (C=O) groups is 1. The zero-order chi connectivity index (χ0) is 13.2. The van der Waals surface area contributed by atoms with Gasteiger partial charge in [0.05, 0.1) is 12.2 Å². The molecule has 3 rings (SSSR count). The van der Waals surface area contributed by atoms with E-state index >= 15 is 0 Å². The van der Waals surface area contributed by atoms with Gasteiger partial charge in [-0.3, -0.25) is 9.79 Å². The minimum Gasteiger partial charge on any atom is -0.320 e. The molecule has 1 heterocycles. The summed E-state index contributed by atoms with van der Waals surface area (Å²) in [5.74, 6) is -0.173. The highest BCUT2D eigenvalue weighted by atomic mass is 35.5. The van der Waals surface area contributed by atoms with Gasteiger partial charge < -0.3 is 5.32 Å². The molecule has 0 atom stereocenters. The van der Waals surface area contributed by atoms with Gasteiger partial charge in [0.15, 0.2) is 0 Å². The minimum absolute atomic E-state index is 0.173. The molecular formula is C15H11ClN2O. The van der Waals surface area contributed by atoms with Gasteiger partial charge >= 0.3 is 0 Å². The highest BCUT2D eigenvalue weighted by Crippen LogP contribution is 2.26. The van der Waals surface area contributed by atoms with Gasteiger partial charge in [-0.15, -0.1) is 0 Å². The summed E-state index contributed by atoms with van der Waals surface area (Å²) < 4.78 is 0. The second-order valence-corrected chi connectivity index (χ2v) is 4.73. The summed E-state index contributed by atoms with van der Waals surface area (Å²) in [7, 11) is 0. The van der Waals surface area contributed by atoms with Crippen molar-refractivity contribution in [3.05, 3.63) is 64.7 Å². The van der Waals surface area contributed by atoms with E-state index in [0.717, 1.165) is 16.8 Å². The highest BCUT2D eigenvalue weighted by Gasteiger charge is 2.25. The lowest BCUT2D eigenvalue weighted by atomic mass is 10.1. The Hall–Kier alpha value is -2.13. The van der Waals surface area contributed by atoms with E-state index in [1.807, 2.05) is 30.3 Å². The van der Waals surface area contributed by atoms with Gasteiger partial charge in [-0.1, -0.05) is 41.9 Å². The van der Waals surface area contributed by atoms with Crippen molar-refractivity contribution in [2.45, 2.75) is 6.54 Å². The third-order valence-electron chi connectivity index (χ3n) is 2.96. The number of fused-ring (bicyclic) bond motifs is 1. The highest BCUT2D eigenvalue weighted by molar-refractivity contribution is 6.54. The third kappa shape index (κ3) is 2.37. The van der Waals surface area contributed by atoms with Crippen LogP contribution in [0.1, 0.15) is 11.1 Å². The van der Waals surface area contributed by atoms with Gasteiger partial charge in [0.25, 0.3) is 5.91 Å². The quantitative estimate of drug-likeness (QED) is 0.894. The van der Waals surface area contributed by atoms with Crippen LogP contribution >= 0.6 is 11.6 Å². The zero-order valence-electron chi connectivity index (χ0n) is 10.1. The number of amides is 1. The van der Waals surface area contributed by atoms with Gasteiger partial charge in [0.2, 0.25) is 0 Å². The first kappa shape index (κ1) is 11.9. The molecule has 1 aliphatic rings. The Kier molecular flexibility index (Phi) is 3.05. The topological polar surface area (TPSA) is 41.5 Å². The van der Waals surface area contributed by atoms with E-state index in [4.69, 9.17) is 11.6 Å². The maximum atomic E-state index is 11.9. The minimum atomic E-state index is -0.173. The van der Waals surface area contributed by atoms with Crippen LogP contribution in [-0.2, 0) is 11.3 Å². The lowest BCUT2D eigenvalue weighted by molar-refractivity contribution is -0.110. The smallest absolute Gasteiger partial charge is 0.274 e. The van der Waals surface area contributed by atoms with Crippen LogP contribution < -0.4 is 5.32 Å². The van der Waals surface area contributed by atoms with Gasteiger partial charge in [-0.2, -0.15) is 0 Å². The Morgan fingerprint density at radius 2 is 1.89 bits per heavy atom. The molecule has 1 aliphatic heterocycles. The van der Waals surface area contributed by atoms with E-state index in [2.05, 4.69) is 10.3 Å². The summed E-state index contributed by atoms with van der Waals surface area (Å²) in [5, 5.41) is 3.38. The number of benzene rings is 2. The molecular weight excluding hydrogens is 260 g/mol. The molecule has 2 aromatic carbocycles. The van der Waals surface area contributed by atoms with Crippen LogP contribution in [0.15, 0.2) is 53.5 Å². The maximum Gasteiger partial charge on any atom is 0.274 e. The number of hydrogen-bond acceptors (Lipinski definition) is 2. The van der Waals surface area contributed by atoms with Crippen LogP contribution in [0.4, 0.5) is 5.69 Å². The molecule has 3 nitrogen and oxygen atoms in total. The SMILES string of the molecule is O=C1Nc2ccc(Cl)cc2C1=NCc1ccccc1. The van der Waals surface area contributed by atoms with Gasteiger partial charge in [-0.05, 0) is 23.8 Å². The average Bonchev–Trinajstić information content (AvgIpc) is 2.73. The van der Waals surface area contributed by atoms with E-state index in [9.17, 15) is 4.79 Å². The van der Waals surface area contributed by atoms with Crippen molar-refractivity contribution in [3.63, 3.8) is 0 Å². The van der Waals surface area contributed by atoms with Crippen molar-refractivity contribution >= 4 is 28.9 Å². The molecule has 2 aromatic rings. The van der Waals surface area contributed by atoms with Gasteiger partial charge in [0.1, 0.15) is 5.71 Å². The van der Waals surface area contributed by atoms with Crippen molar-refractivity contribution < 1.29 is 4.79 Å². The molecule has 0 aromatic heterocycles. The van der Waals surface area contributed by atoms with E-state index < -0.39 is 0 Å². The van der Waals surface area contributed by atoms with E-state index in [0.29, 0.717) is 17.3 Å². The number of anilines is 1. The molecule has 0 aliphatic carbocycles. The van der Waals surface area contributed by atoms with E-state index in [1.54, 1.807) is 18.2 Å². The Balaban J connectivity index is 1.93. The van der Waals surface area contributed by atoms with Crippen LogP contribution in [0.2, 0.25) is 5.02 Å².